The number of halogens is 1. The Balaban J connectivity index is 2.03. The van der Waals surface area contributed by atoms with Crippen LogP contribution in [0.4, 0.5) is 0 Å². The molecule has 0 radical (unpaired) electrons. The summed E-state index contributed by atoms with van der Waals surface area (Å²) in [6.45, 7) is -0.466. The second-order valence-electron chi connectivity index (χ2n) is 4.80. The van der Waals surface area contributed by atoms with Crippen LogP contribution in [-0.4, -0.2) is 36.9 Å². The molecule has 0 unspecified atom stereocenters. The fraction of sp³-hybridized carbons (Fsp3) is 0.118. The van der Waals surface area contributed by atoms with Crippen molar-refractivity contribution in [3.8, 4) is 11.5 Å². The molecule has 0 aromatic heterocycles. The number of carboxylic acid groups (broad SMARTS) is 1. The summed E-state index contributed by atoms with van der Waals surface area (Å²) < 4.78 is 11.1. The van der Waals surface area contributed by atoms with Gasteiger partial charge in [-0.2, -0.15) is 5.10 Å². The van der Waals surface area contributed by atoms with E-state index in [1.54, 1.807) is 36.4 Å². The maximum Gasteiger partial charge on any atom is 0.341 e. The Kier molecular flexibility index (Phi) is 6.53. The largest absolute Gasteiger partial charge is 0.493 e. The Morgan fingerprint density at radius 3 is 2.72 bits per heavy atom. The number of methoxy groups -OCH3 is 1. The van der Waals surface area contributed by atoms with E-state index in [1.165, 1.54) is 13.3 Å². The van der Waals surface area contributed by atoms with Crippen molar-refractivity contribution in [3.05, 3.63) is 58.1 Å². The first kappa shape index (κ1) is 18.5. The molecule has 0 aliphatic rings. The SMILES string of the molecule is COc1cc(/C=N\NC(=O)c2cccc(Br)c2)ccc1OCC(=O)O. The molecular formula is C17H15BrN2O5. The van der Waals surface area contributed by atoms with Gasteiger partial charge >= 0.3 is 5.97 Å². The van der Waals surface area contributed by atoms with E-state index in [2.05, 4.69) is 26.5 Å². The molecule has 2 aromatic rings. The van der Waals surface area contributed by atoms with E-state index in [9.17, 15) is 9.59 Å². The molecule has 2 aromatic carbocycles. The van der Waals surface area contributed by atoms with E-state index in [0.29, 0.717) is 22.6 Å². The van der Waals surface area contributed by atoms with Crippen LogP contribution in [0.15, 0.2) is 52.0 Å². The third-order valence-electron chi connectivity index (χ3n) is 3.01. The Labute approximate surface area is 152 Å². The number of nitrogens with one attached hydrogen (secondary N) is 1. The summed E-state index contributed by atoms with van der Waals surface area (Å²) in [5.74, 6) is -0.752. The van der Waals surface area contributed by atoms with Crippen molar-refractivity contribution in [2.75, 3.05) is 13.7 Å². The minimum atomic E-state index is -1.08. The van der Waals surface area contributed by atoms with Crippen LogP contribution < -0.4 is 14.9 Å². The van der Waals surface area contributed by atoms with Crippen molar-refractivity contribution in [2.45, 2.75) is 0 Å². The van der Waals surface area contributed by atoms with Gasteiger partial charge in [0.25, 0.3) is 5.91 Å². The first-order chi connectivity index (χ1) is 12.0. The van der Waals surface area contributed by atoms with E-state index < -0.39 is 12.6 Å². The minimum Gasteiger partial charge on any atom is -0.493 e. The van der Waals surface area contributed by atoms with Crippen LogP contribution in [0.1, 0.15) is 15.9 Å². The molecule has 2 rings (SSSR count). The standard InChI is InChI=1S/C17H15BrN2O5/c1-24-15-7-11(5-6-14(15)25-10-16(21)22)9-19-20-17(23)12-3-2-4-13(18)8-12/h2-9H,10H2,1H3,(H,20,23)(H,21,22)/b19-9-. The summed E-state index contributed by atoms with van der Waals surface area (Å²) in [7, 11) is 1.44. The van der Waals surface area contributed by atoms with Gasteiger partial charge in [-0.05, 0) is 42.0 Å². The zero-order valence-corrected chi connectivity index (χ0v) is 14.8. The molecule has 25 heavy (non-hydrogen) atoms. The Morgan fingerprint density at radius 1 is 1.24 bits per heavy atom. The van der Waals surface area contributed by atoms with Gasteiger partial charge in [-0.25, -0.2) is 10.2 Å². The molecule has 0 saturated heterocycles. The molecular weight excluding hydrogens is 392 g/mol. The number of benzene rings is 2. The highest BCUT2D eigenvalue weighted by Crippen LogP contribution is 2.27. The monoisotopic (exact) mass is 406 g/mol. The molecule has 0 heterocycles. The molecule has 7 nitrogen and oxygen atoms in total. The average Bonchev–Trinajstić information content (AvgIpc) is 2.60. The van der Waals surface area contributed by atoms with E-state index in [0.717, 1.165) is 4.47 Å². The lowest BCUT2D eigenvalue weighted by Crippen LogP contribution is -2.17. The van der Waals surface area contributed by atoms with Crippen LogP contribution >= 0.6 is 15.9 Å². The molecule has 0 aliphatic heterocycles. The van der Waals surface area contributed by atoms with Crippen LogP contribution in [0, 0.1) is 0 Å². The number of hydrazone groups is 1. The third kappa shape index (κ3) is 5.61. The normalized spacial score (nSPS) is 10.5. The zero-order valence-electron chi connectivity index (χ0n) is 13.2. The highest BCUT2D eigenvalue weighted by molar-refractivity contribution is 9.10. The van der Waals surface area contributed by atoms with Gasteiger partial charge in [-0.1, -0.05) is 22.0 Å². The molecule has 0 aliphatic carbocycles. The maximum absolute atomic E-state index is 12.0. The number of amides is 1. The number of ether oxygens (including phenoxy) is 2. The van der Waals surface area contributed by atoms with Crippen LogP contribution in [-0.2, 0) is 4.79 Å². The Hall–Kier alpha value is -2.87. The number of carbonyl (C=O) groups is 2. The number of rotatable bonds is 7. The molecule has 8 heteroatoms. The second kappa shape index (κ2) is 8.84. The average molecular weight is 407 g/mol. The maximum atomic E-state index is 12.0. The quantitative estimate of drug-likeness (QED) is 0.544. The molecule has 0 spiro atoms. The van der Waals surface area contributed by atoms with Crippen LogP contribution in [0.25, 0.3) is 0 Å². The van der Waals surface area contributed by atoms with Crippen molar-refractivity contribution in [2.24, 2.45) is 5.10 Å². The summed E-state index contributed by atoms with van der Waals surface area (Å²) in [5.41, 5.74) is 3.55. The second-order valence-corrected chi connectivity index (χ2v) is 5.72. The van der Waals surface area contributed by atoms with Crippen molar-refractivity contribution in [1.29, 1.82) is 0 Å². The molecule has 0 atom stereocenters. The lowest BCUT2D eigenvalue weighted by molar-refractivity contribution is -0.139. The number of carboxylic acids is 1. The smallest absolute Gasteiger partial charge is 0.341 e. The van der Waals surface area contributed by atoms with Crippen LogP contribution in [0.3, 0.4) is 0 Å². The Morgan fingerprint density at radius 2 is 2.04 bits per heavy atom. The predicted molar refractivity (Wildman–Crippen MR) is 95.3 cm³/mol. The van der Waals surface area contributed by atoms with E-state index >= 15 is 0 Å². The Bertz CT molecular complexity index is 807. The first-order valence-electron chi connectivity index (χ1n) is 7.11. The van der Waals surface area contributed by atoms with Gasteiger partial charge in [-0.15, -0.1) is 0 Å². The van der Waals surface area contributed by atoms with Gasteiger partial charge in [-0.3, -0.25) is 4.79 Å². The van der Waals surface area contributed by atoms with Gasteiger partial charge in [0, 0.05) is 10.0 Å². The van der Waals surface area contributed by atoms with Crippen molar-refractivity contribution in [3.63, 3.8) is 0 Å². The molecule has 0 saturated carbocycles. The zero-order chi connectivity index (χ0) is 18.2. The van der Waals surface area contributed by atoms with Crippen LogP contribution in [0.2, 0.25) is 0 Å². The van der Waals surface area contributed by atoms with E-state index in [4.69, 9.17) is 14.6 Å². The van der Waals surface area contributed by atoms with Crippen LogP contribution in [0.5, 0.6) is 11.5 Å². The highest BCUT2D eigenvalue weighted by Gasteiger charge is 2.08. The summed E-state index contributed by atoms with van der Waals surface area (Å²) in [4.78, 5) is 22.5. The van der Waals surface area contributed by atoms with Gasteiger partial charge in [0.2, 0.25) is 0 Å². The van der Waals surface area contributed by atoms with Gasteiger partial charge in [0.15, 0.2) is 18.1 Å². The van der Waals surface area contributed by atoms with Crippen molar-refractivity contribution >= 4 is 34.0 Å². The van der Waals surface area contributed by atoms with E-state index in [1.807, 2.05) is 6.07 Å². The summed E-state index contributed by atoms with van der Waals surface area (Å²) in [6, 6.07) is 11.8. The molecule has 1 amide bonds. The lowest BCUT2D eigenvalue weighted by Gasteiger charge is -2.09. The number of aliphatic carboxylic acids is 1. The predicted octanol–water partition coefficient (Wildman–Crippen LogP) is 2.69. The molecule has 0 bridgehead atoms. The lowest BCUT2D eigenvalue weighted by atomic mass is 10.2. The topological polar surface area (TPSA) is 97.2 Å². The first-order valence-corrected chi connectivity index (χ1v) is 7.90. The fourth-order valence-electron chi connectivity index (χ4n) is 1.88. The van der Waals surface area contributed by atoms with E-state index in [-0.39, 0.29) is 5.91 Å². The summed E-state index contributed by atoms with van der Waals surface area (Å²) in [5, 5.41) is 12.5. The molecule has 0 fully saturated rings. The van der Waals surface area contributed by atoms with Gasteiger partial charge in [0.05, 0.1) is 13.3 Å². The molecule has 130 valence electrons. The van der Waals surface area contributed by atoms with Crippen molar-refractivity contribution < 1.29 is 24.2 Å². The van der Waals surface area contributed by atoms with Crippen molar-refractivity contribution in [1.82, 2.24) is 5.43 Å². The molecule has 2 N–H and O–H groups in total. The number of nitrogens with zero attached hydrogens (tertiary/aromatic N) is 1. The highest BCUT2D eigenvalue weighted by atomic mass is 79.9. The third-order valence-corrected chi connectivity index (χ3v) is 3.50. The number of hydrogen-bond donors (Lipinski definition) is 2. The number of hydrogen-bond acceptors (Lipinski definition) is 5. The summed E-state index contributed by atoms with van der Waals surface area (Å²) in [6.07, 6.45) is 1.44. The fourth-order valence-corrected chi connectivity index (χ4v) is 2.28. The summed E-state index contributed by atoms with van der Waals surface area (Å²) >= 11 is 3.30. The van der Waals surface area contributed by atoms with Gasteiger partial charge < -0.3 is 14.6 Å². The minimum absolute atomic E-state index is 0.306. The van der Waals surface area contributed by atoms with Gasteiger partial charge in [0.1, 0.15) is 0 Å². The number of carbonyl (C=O) groups excluding carboxylic acids is 1.